The van der Waals surface area contributed by atoms with Gasteiger partial charge in [-0.1, -0.05) is 24.3 Å². The van der Waals surface area contributed by atoms with Crippen LogP contribution in [0.15, 0.2) is 66.3 Å². The number of amides is 1. The van der Waals surface area contributed by atoms with Crippen molar-refractivity contribution in [2.45, 2.75) is 5.92 Å². The van der Waals surface area contributed by atoms with Crippen LogP contribution in [0.2, 0.25) is 0 Å². The summed E-state index contributed by atoms with van der Waals surface area (Å²) in [5.74, 6) is -0.204. The summed E-state index contributed by atoms with van der Waals surface area (Å²) in [6.07, 6.45) is 3.64. The van der Waals surface area contributed by atoms with Crippen molar-refractivity contribution >= 4 is 47.7 Å². The van der Waals surface area contributed by atoms with Gasteiger partial charge in [0, 0.05) is 47.5 Å². The van der Waals surface area contributed by atoms with E-state index in [1.54, 1.807) is 17.5 Å². The Morgan fingerprint density at radius 2 is 1.89 bits per heavy atom. The van der Waals surface area contributed by atoms with Crippen molar-refractivity contribution in [3.05, 3.63) is 71.2 Å². The molecule has 4 nitrogen and oxygen atoms in total. The molecule has 1 saturated heterocycles. The van der Waals surface area contributed by atoms with E-state index in [1.807, 2.05) is 18.3 Å². The van der Waals surface area contributed by atoms with Crippen LogP contribution in [0.4, 0.5) is 5.69 Å². The average Bonchev–Trinajstić information content (AvgIpc) is 3.32. The van der Waals surface area contributed by atoms with Gasteiger partial charge < -0.3 is 10.6 Å². The Balaban J connectivity index is 0.00000131. The van der Waals surface area contributed by atoms with Crippen LogP contribution in [0.25, 0.3) is 11.1 Å². The Morgan fingerprint density at radius 1 is 1.07 bits per heavy atom. The van der Waals surface area contributed by atoms with Crippen LogP contribution in [0, 0.1) is 5.92 Å². The van der Waals surface area contributed by atoms with Gasteiger partial charge in [0.2, 0.25) is 5.91 Å². The van der Waals surface area contributed by atoms with E-state index in [-0.39, 0.29) is 42.6 Å². The molecule has 0 aliphatic carbocycles. The van der Waals surface area contributed by atoms with E-state index in [4.69, 9.17) is 5.73 Å². The Hall–Kier alpha value is -2.08. The molecular weight excluding hydrogens is 401 g/mol. The van der Waals surface area contributed by atoms with Crippen LogP contribution in [0.1, 0.15) is 10.8 Å². The quantitative estimate of drug-likeness (QED) is 0.680. The standard InChI is InChI=1S/C20H19N3OS.2ClH/c21-20(24)18-13-23(12-17(18)19-7-3-9-25-19)16-6-1-4-14(10-16)15-5-2-8-22-11-15;;/h1-11,17-18H,12-13H2,(H2,21,24);2*1H. The number of primary amides is 1. The number of hydrogen-bond acceptors (Lipinski definition) is 4. The van der Waals surface area contributed by atoms with Crippen molar-refractivity contribution in [1.82, 2.24) is 4.98 Å². The molecule has 0 radical (unpaired) electrons. The maximum atomic E-state index is 12.0. The fourth-order valence-electron chi connectivity index (χ4n) is 3.51. The predicted molar refractivity (Wildman–Crippen MR) is 116 cm³/mol. The van der Waals surface area contributed by atoms with Gasteiger partial charge in [-0.25, -0.2) is 0 Å². The topological polar surface area (TPSA) is 59.2 Å². The molecule has 7 heteroatoms. The molecule has 3 aromatic rings. The molecule has 27 heavy (non-hydrogen) atoms. The highest BCUT2D eigenvalue weighted by Gasteiger charge is 2.38. The minimum Gasteiger partial charge on any atom is -0.370 e. The summed E-state index contributed by atoms with van der Waals surface area (Å²) in [5.41, 5.74) is 9.02. The molecule has 1 fully saturated rings. The molecule has 0 spiro atoms. The highest BCUT2D eigenvalue weighted by Crippen LogP contribution is 2.38. The predicted octanol–water partition coefficient (Wildman–Crippen LogP) is 4.36. The van der Waals surface area contributed by atoms with Crippen LogP contribution >= 0.6 is 36.2 Å². The summed E-state index contributed by atoms with van der Waals surface area (Å²) in [6, 6.07) is 16.5. The van der Waals surface area contributed by atoms with Crippen molar-refractivity contribution < 1.29 is 4.79 Å². The average molecular weight is 422 g/mol. The first-order valence-electron chi connectivity index (χ1n) is 8.30. The zero-order valence-corrected chi connectivity index (χ0v) is 17.0. The lowest BCUT2D eigenvalue weighted by Crippen LogP contribution is -2.29. The molecule has 2 atom stereocenters. The van der Waals surface area contributed by atoms with Crippen LogP contribution in [-0.4, -0.2) is 24.0 Å². The van der Waals surface area contributed by atoms with Crippen molar-refractivity contribution in [3.8, 4) is 11.1 Å². The number of halogens is 2. The fraction of sp³-hybridized carbons (Fsp3) is 0.200. The molecular formula is C20H21Cl2N3OS. The molecule has 2 N–H and O–H groups in total. The Labute approximate surface area is 175 Å². The van der Waals surface area contributed by atoms with E-state index in [1.165, 1.54) is 4.88 Å². The number of nitrogens with zero attached hydrogens (tertiary/aromatic N) is 2. The smallest absolute Gasteiger partial charge is 0.223 e. The van der Waals surface area contributed by atoms with Gasteiger partial charge >= 0.3 is 0 Å². The second-order valence-corrected chi connectivity index (χ2v) is 7.31. The van der Waals surface area contributed by atoms with Gasteiger partial charge in [-0.2, -0.15) is 0 Å². The first-order valence-corrected chi connectivity index (χ1v) is 9.18. The zero-order valence-electron chi connectivity index (χ0n) is 14.5. The van der Waals surface area contributed by atoms with Crippen molar-refractivity contribution in [3.63, 3.8) is 0 Å². The number of aromatic nitrogens is 1. The Morgan fingerprint density at radius 3 is 2.56 bits per heavy atom. The number of carbonyl (C=O) groups excluding carboxylic acids is 1. The van der Waals surface area contributed by atoms with Crippen LogP contribution in [0.5, 0.6) is 0 Å². The van der Waals surface area contributed by atoms with Crippen LogP contribution < -0.4 is 10.6 Å². The molecule has 0 bridgehead atoms. The Bertz CT molecular complexity index is 874. The number of pyridine rings is 1. The second kappa shape index (κ2) is 9.22. The third-order valence-electron chi connectivity index (χ3n) is 4.80. The van der Waals surface area contributed by atoms with Gasteiger partial charge in [0.25, 0.3) is 0 Å². The number of hydrogen-bond donors (Lipinski definition) is 1. The number of thiophene rings is 1. The number of anilines is 1. The van der Waals surface area contributed by atoms with Gasteiger partial charge in [0.15, 0.2) is 0 Å². The molecule has 2 aromatic heterocycles. The minimum absolute atomic E-state index is 0. The maximum absolute atomic E-state index is 12.0. The molecule has 1 aromatic carbocycles. The van der Waals surface area contributed by atoms with Gasteiger partial charge in [-0.05, 0) is 35.2 Å². The van der Waals surface area contributed by atoms with Gasteiger partial charge in [0.05, 0.1) is 5.92 Å². The highest BCUT2D eigenvalue weighted by atomic mass is 35.5. The molecule has 1 amide bonds. The van der Waals surface area contributed by atoms with Crippen molar-refractivity contribution in [1.29, 1.82) is 0 Å². The molecule has 0 saturated carbocycles. The van der Waals surface area contributed by atoms with E-state index < -0.39 is 0 Å². The maximum Gasteiger partial charge on any atom is 0.223 e. The number of benzene rings is 1. The number of rotatable bonds is 4. The lowest BCUT2D eigenvalue weighted by Gasteiger charge is -2.19. The van der Waals surface area contributed by atoms with Gasteiger partial charge in [-0.3, -0.25) is 9.78 Å². The molecule has 142 valence electrons. The lowest BCUT2D eigenvalue weighted by molar-refractivity contribution is -0.121. The highest BCUT2D eigenvalue weighted by molar-refractivity contribution is 7.10. The Kier molecular flexibility index (Phi) is 7.25. The minimum atomic E-state index is -0.218. The second-order valence-electron chi connectivity index (χ2n) is 6.33. The van der Waals surface area contributed by atoms with Gasteiger partial charge in [0.1, 0.15) is 0 Å². The summed E-state index contributed by atoms with van der Waals surface area (Å²) < 4.78 is 0. The van der Waals surface area contributed by atoms with E-state index in [0.717, 1.165) is 23.4 Å². The molecule has 2 unspecified atom stereocenters. The molecule has 1 aliphatic rings. The normalized spacial score (nSPS) is 18.4. The lowest BCUT2D eigenvalue weighted by atomic mass is 9.94. The van der Waals surface area contributed by atoms with Gasteiger partial charge in [-0.15, -0.1) is 36.2 Å². The summed E-state index contributed by atoms with van der Waals surface area (Å²) in [5, 5.41) is 2.05. The molecule has 1 aliphatic heterocycles. The van der Waals surface area contributed by atoms with E-state index >= 15 is 0 Å². The summed E-state index contributed by atoms with van der Waals surface area (Å²) in [4.78, 5) is 19.7. The fourth-order valence-corrected chi connectivity index (χ4v) is 4.39. The summed E-state index contributed by atoms with van der Waals surface area (Å²) in [6.45, 7) is 1.47. The van der Waals surface area contributed by atoms with E-state index in [9.17, 15) is 4.79 Å². The zero-order chi connectivity index (χ0) is 17.2. The molecule has 4 rings (SSSR count). The first kappa shape index (κ1) is 21.2. The molecule has 3 heterocycles. The number of carbonyl (C=O) groups is 1. The van der Waals surface area contributed by atoms with Crippen molar-refractivity contribution in [2.75, 3.05) is 18.0 Å². The third-order valence-corrected chi connectivity index (χ3v) is 5.80. The number of nitrogens with two attached hydrogens (primary N) is 1. The first-order chi connectivity index (χ1) is 12.2. The monoisotopic (exact) mass is 421 g/mol. The third kappa shape index (κ3) is 4.43. The SMILES string of the molecule is Cl.Cl.NC(=O)C1CN(c2cccc(-c3cccnc3)c2)CC1c1cccs1. The summed E-state index contributed by atoms with van der Waals surface area (Å²) in [7, 11) is 0. The van der Waals surface area contributed by atoms with Crippen LogP contribution in [0.3, 0.4) is 0 Å². The van der Waals surface area contributed by atoms with E-state index in [0.29, 0.717) is 6.54 Å². The largest absolute Gasteiger partial charge is 0.370 e. The van der Waals surface area contributed by atoms with E-state index in [2.05, 4.69) is 51.7 Å². The van der Waals surface area contributed by atoms with Crippen LogP contribution in [-0.2, 0) is 4.79 Å². The summed E-state index contributed by atoms with van der Waals surface area (Å²) >= 11 is 1.70. The van der Waals surface area contributed by atoms with Crippen molar-refractivity contribution in [2.24, 2.45) is 11.7 Å².